The van der Waals surface area contributed by atoms with Crippen molar-refractivity contribution in [3.8, 4) is 0 Å². The van der Waals surface area contributed by atoms with Crippen LogP contribution in [0, 0.1) is 0 Å². The standard InChI is InChI=1S/C5H8O2.Ba.2H2O.2H/c1-4(6)3-5(2)7;;;;;/h3H2,1-2H3;;2*1H2;;. The number of hydrogen-bond donors (Lipinski definition) is 0. The summed E-state index contributed by atoms with van der Waals surface area (Å²) in [5.41, 5.74) is 0. The molecular formula is C5H14BaO4. The van der Waals surface area contributed by atoms with Gasteiger partial charge in [0.15, 0.2) is 0 Å². The Balaban J connectivity index is -0.0000000600. The van der Waals surface area contributed by atoms with Gasteiger partial charge in [-0.05, 0) is 13.8 Å². The molecule has 0 aromatic heterocycles. The zero-order valence-corrected chi connectivity index (χ0v) is 5.52. The molecule has 0 spiro atoms. The Morgan fingerprint density at radius 3 is 1.20 bits per heavy atom. The molecule has 0 saturated carbocycles. The van der Waals surface area contributed by atoms with E-state index in [1.54, 1.807) is 0 Å². The molecule has 10 heavy (non-hydrogen) atoms. The Kier molecular flexibility index (Phi) is 28.0. The van der Waals surface area contributed by atoms with Crippen LogP contribution >= 0.6 is 0 Å². The van der Waals surface area contributed by atoms with Crippen LogP contribution in [0.1, 0.15) is 20.3 Å². The second-order valence-corrected chi connectivity index (χ2v) is 1.58. The number of ketones is 2. The SMILES string of the molecule is CC(=O)CC(C)=O.O.O.[BaH2]. The van der Waals surface area contributed by atoms with E-state index in [-0.39, 0.29) is 77.8 Å². The molecule has 5 heteroatoms. The maximum atomic E-state index is 10.0. The van der Waals surface area contributed by atoms with E-state index in [2.05, 4.69) is 0 Å². The third kappa shape index (κ3) is 23.2. The Hall–Kier alpha value is 0.831. The minimum absolute atomic E-state index is 0. The first-order valence-electron chi connectivity index (χ1n) is 2.12. The molecule has 0 aliphatic rings. The van der Waals surface area contributed by atoms with Crippen molar-refractivity contribution in [1.29, 1.82) is 0 Å². The third-order valence-electron chi connectivity index (χ3n) is 0.498. The van der Waals surface area contributed by atoms with Crippen molar-refractivity contribution in [3.63, 3.8) is 0 Å². The van der Waals surface area contributed by atoms with Gasteiger partial charge in [-0.2, -0.15) is 0 Å². The average Bonchev–Trinajstić information content (AvgIpc) is 1.27. The molecule has 0 aromatic carbocycles. The summed E-state index contributed by atoms with van der Waals surface area (Å²) in [5.74, 6) is -0.125. The van der Waals surface area contributed by atoms with Gasteiger partial charge >= 0.3 is 48.9 Å². The molecule has 0 saturated heterocycles. The molecule has 0 rings (SSSR count). The van der Waals surface area contributed by atoms with E-state index in [0.29, 0.717) is 0 Å². The normalized spacial score (nSPS) is 5.80. The topological polar surface area (TPSA) is 97.1 Å². The summed E-state index contributed by atoms with van der Waals surface area (Å²) in [6.45, 7) is 2.81. The van der Waals surface area contributed by atoms with Crippen LogP contribution in [0.3, 0.4) is 0 Å². The van der Waals surface area contributed by atoms with E-state index < -0.39 is 0 Å². The van der Waals surface area contributed by atoms with Gasteiger partial charge in [0.1, 0.15) is 11.6 Å². The predicted octanol–water partition coefficient (Wildman–Crippen LogP) is -2.01. The van der Waals surface area contributed by atoms with E-state index in [0.717, 1.165) is 0 Å². The van der Waals surface area contributed by atoms with Gasteiger partial charge in [0, 0.05) is 0 Å². The zero-order valence-electron chi connectivity index (χ0n) is 5.52. The molecule has 0 unspecified atom stereocenters. The Bertz CT molecular complexity index is 89.8. The first-order chi connectivity index (χ1) is 3.13. The van der Waals surface area contributed by atoms with Crippen molar-refractivity contribution < 1.29 is 20.5 Å². The van der Waals surface area contributed by atoms with Crippen molar-refractivity contribution in [2.45, 2.75) is 20.3 Å². The van der Waals surface area contributed by atoms with Gasteiger partial charge in [-0.25, -0.2) is 0 Å². The summed E-state index contributed by atoms with van der Waals surface area (Å²) in [7, 11) is 0. The van der Waals surface area contributed by atoms with Crippen molar-refractivity contribution in [2.75, 3.05) is 0 Å². The first kappa shape index (κ1) is 22.4. The van der Waals surface area contributed by atoms with Crippen LogP contribution in [-0.2, 0) is 9.59 Å². The molecule has 60 valence electrons. The van der Waals surface area contributed by atoms with Gasteiger partial charge in [-0.3, -0.25) is 9.59 Å². The molecule has 0 atom stereocenters. The van der Waals surface area contributed by atoms with Gasteiger partial charge in [0.05, 0.1) is 6.42 Å². The van der Waals surface area contributed by atoms with E-state index in [1.807, 2.05) is 0 Å². The molecule has 0 radical (unpaired) electrons. The monoisotopic (exact) mass is 276 g/mol. The van der Waals surface area contributed by atoms with Crippen LogP contribution in [0.4, 0.5) is 0 Å². The summed E-state index contributed by atoms with van der Waals surface area (Å²) in [6.07, 6.45) is 0.0833. The fourth-order valence-corrected chi connectivity index (χ4v) is 0.351. The number of carbonyl (C=O) groups is 2. The maximum absolute atomic E-state index is 10.0. The van der Waals surface area contributed by atoms with Crippen LogP contribution in [0.25, 0.3) is 0 Å². The molecule has 0 aromatic rings. The second-order valence-electron chi connectivity index (χ2n) is 1.58. The molecule has 4 N–H and O–H groups in total. The Morgan fingerprint density at radius 2 is 1.20 bits per heavy atom. The Labute approximate surface area is 100 Å². The summed E-state index contributed by atoms with van der Waals surface area (Å²) in [5, 5.41) is 0. The fraction of sp³-hybridized carbons (Fsp3) is 0.600. The van der Waals surface area contributed by atoms with Crippen LogP contribution in [0.5, 0.6) is 0 Å². The van der Waals surface area contributed by atoms with Gasteiger partial charge in [0.25, 0.3) is 0 Å². The molecule has 0 heterocycles. The molecule has 0 bridgehead atoms. The van der Waals surface area contributed by atoms with Gasteiger partial charge in [-0.15, -0.1) is 0 Å². The summed E-state index contributed by atoms with van der Waals surface area (Å²) < 4.78 is 0. The number of rotatable bonds is 2. The second kappa shape index (κ2) is 12.5. The van der Waals surface area contributed by atoms with E-state index in [9.17, 15) is 9.59 Å². The molecule has 0 aliphatic carbocycles. The number of carbonyl (C=O) groups excluding carboxylic acids is 2. The van der Waals surface area contributed by atoms with Gasteiger partial charge in [0.2, 0.25) is 0 Å². The van der Waals surface area contributed by atoms with Crippen LogP contribution in [-0.4, -0.2) is 71.4 Å². The summed E-state index contributed by atoms with van der Waals surface area (Å²) >= 11 is 0. The van der Waals surface area contributed by atoms with Gasteiger partial charge in [-0.1, -0.05) is 0 Å². The molecule has 4 nitrogen and oxygen atoms in total. The molecule has 0 aliphatic heterocycles. The van der Waals surface area contributed by atoms with Gasteiger partial charge < -0.3 is 11.0 Å². The fourth-order valence-electron chi connectivity index (χ4n) is 0.351. The number of hydrogen-bond acceptors (Lipinski definition) is 2. The van der Waals surface area contributed by atoms with Crippen LogP contribution in [0.15, 0.2) is 0 Å². The predicted molar refractivity (Wildman–Crippen MR) is 41.8 cm³/mol. The summed E-state index contributed by atoms with van der Waals surface area (Å²) in [6, 6.07) is 0. The van der Waals surface area contributed by atoms with Crippen molar-refractivity contribution in [3.05, 3.63) is 0 Å². The van der Waals surface area contributed by atoms with Crippen LogP contribution < -0.4 is 0 Å². The summed E-state index contributed by atoms with van der Waals surface area (Å²) in [4.78, 5) is 20.1. The van der Waals surface area contributed by atoms with Crippen molar-refractivity contribution in [1.82, 2.24) is 0 Å². The Morgan fingerprint density at radius 1 is 1.00 bits per heavy atom. The first-order valence-corrected chi connectivity index (χ1v) is 2.12. The zero-order chi connectivity index (χ0) is 5.86. The molecule has 0 amide bonds. The van der Waals surface area contributed by atoms with E-state index in [1.165, 1.54) is 13.8 Å². The van der Waals surface area contributed by atoms with E-state index >= 15 is 0 Å². The molecular weight excluding hydrogens is 261 g/mol. The average molecular weight is 275 g/mol. The van der Waals surface area contributed by atoms with Crippen LogP contribution in [0.2, 0.25) is 0 Å². The molecule has 0 fully saturated rings. The quantitative estimate of drug-likeness (QED) is 0.430. The van der Waals surface area contributed by atoms with E-state index in [4.69, 9.17) is 0 Å². The minimum atomic E-state index is -0.0625. The van der Waals surface area contributed by atoms with Crippen molar-refractivity contribution in [2.24, 2.45) is 0 Å². The van der Waals surface area contributed by atoms with Crippen molar-refractivity contribution >= 4 is 60.4 Å². The number of Topliss-reactive ketones (excluding diaryl/α,β-unsaturated/α-hetero) is 2. The third-order valence-corrected chi connectivity index (χ3v) is 0.498.